The number of benzene rings is 1. The standard InChI is InChI=1S/C16H20BrClN2O/c1-5-13-16(18)14(20(4)19-13)9-21-15-7-6-11(17)8-12(15)10(2)3/h6-8,10H,5,9H2,1-4H3. The summed E-state index contributed by atoms with van der Waals surface area (Å²) in [4.78, 5) is 0. The predicted molar refractivity (Wildman–Crippen MR) is 90.2 cm³/mol. The zero-order chi connectivity index (χ0) is 15.6. The summed E-state index contributed by atoms with van der Waals surface area (Å²) in [5.74, 6) is 1.29. The van der Waals surface area contributed by atoms with Crippen LogP contribution in [0.4, 0.5) is 0 Å². The molecule has 0 N–H and O–H groups in total. The first-order chi connectivity index (χ1) is 9.93. The number of rotatable bonds is 5. The summed E-state index contributed by atoms with van der Waals surface area (Å²) < 4.78 is 8.85. The Morgan fingerprint density at radius 1 is 1.38 bits per heavy atom. The van der Waals surface area contributed by atoms with Gasteiger partial charge in [0.2, 0.25) is 0 Å². The lowest BCUT2D eigenvalue weighted by atomic mass is 10.0. The summed E-state index contributed by atoms with van der Waals surface area (Å²) in [6, 6.07) is 6.08. The first kappa shape index (κ1) is 16.4. The normalized spacial score (nSPS) is 11.2. The van der Waals surface area contributed by atoms with Crippen LogP contribution in [0.2, 0.25) is 5.02 Å². The Kier molecular flexibility index (Phi) is 5.33. The minimum absolute atomic E-state index is 0.394. The number of ether oxygens (including phenoxy) is 1. The van der Waals surface area contributed by atoms with Gasteiger partial charge in [0.25, 0.3) is 0 Å². The Balaban J connectivity index is 2.23. The molecule has 0 bridgehead atoms. The van der Waals surface area contributed by atoms with Crippen molar-refractivity contribution in [3.05, 3.63) is 44.6 Å². The molecule has 0 aliphatic carbocycles. The third kappa shape index (κ3) is 3.61. The molecule has 0 unspecified atom stereocenters. The highest BCUT2D eigenvalue weighted by atomic mass is 79.9. The van der Waals surface area contributed by atoms with Crippen molar-refractivity contribution >= 4 is 27.5 Å². The molecule has 0 aliphatic heterocycles. The van der Waals surface area contributed by atoms with Crippen LogP contribution < -0.4 is 4.74 Å². The van der Waals surface area contributed by atoms with Gasteiger partial charge >= 0.3 is 0 Å². The van der Waals surface area contributed by atoms with E-state index in [4.69, 9.17) is 16.3 Å². The minimum atomic E-state index is 0.394. The van der Waals surface area contributed by atoms with Gasteiger partial charge in [-0.05, 0) is 36.1 Å². The monoisotopic (exact) mass is 370 g/mol. The van der Waals surface area contributed by atoms with Crippen molar-refractivity contribution < 1.29 is 4.74 Å². The van der Waals surface area contributed by atoms with Gasteiger partial charge in [-0.15, -0.1) is 0 Å². The van der Waals surface area contributed by atoms with Crippen molar-refractivity contribution in [2.45, 2.75) is 39.7 Å². The van der Waals surface area contributed by atoms with Gasteiger partial charge < -0.3 is 4.74 Å². The largest absolute Gasteiger partial charge is 0.487 e. The molecule has 0 radical (unpaired) electrons. The molecular formula is C16H20BrClN2O. The average Bonchev–Trinajstić information content (AvgIpc) is 2.72. The maximum Gasteiger partial charge on any atom is 0.131 e. The van der Waals surface area contributed by atoms with Crippen LogP contribution >= 0.6 is 27.5 Å². The Morgan fingerprint density at radius 2 is 2.10 bits per heavy atom. The van der Waals surface area contributed by atoms with Crippen molar-refractivity contribution in [1.82, 2.24) is 9.78 Å². The molecule has 3 nitrogen and oxygen atoms in total. The van der Waals surface area contributed by atoms with Gasteiger partial charge in [0.05, 0.1) is 16.4 Å². The van der Waals surface area contributed by atoms with E-state index in [-0.39, 0.29) is 0 Å². The van der Waals surface area contributed by atoms with Crippen LogP contribution in [-0.4, -0.2) is 9.78 Å². The van der Waals surface area contributed by atoms with Crippen LogP contribution in [0.5, 0.6) is 5.75 Å². The van der Waals surface area contributed by atoms with Gasteiger partial charge in [-0.2, -0.15) is 5.10 Å². The molecule has 2 rings (SSSR count). The van der Waals surface area contributed by atoms with Gasteiger partial charge in [-0.3, -0.25) is 4.68 Å². The van der Waals surface area contributed by atoms with Crippen molar-refractivity contribution in [3.63, 3.8) is 0 Å². The number of nitrogens with zero attached hydrogens (tertiary/aromatic N) is 2. The van der Waals surface area contributed by atoms with Gasteiger partial charge in [-0.25, -0.2) is 0 Å². The predicted octanol–water partition coefficient (Wildman–Crippen LogP) is 5.10. The van der Waals surface area contributed by atoms with E-state index in [0.29, 0.717) is 17.5 Å². The summed E-state index contributed by atoms with van der Waals surface area (Å²) in [5, 5.41) is 5.12. The number of aryl methyl sites for hydroxylation is 2. The molecular weight excluding hydrogens is 352 g/mol. The summed E-state index contributed by atoms with van der Waals surface area (Å²) >= 11 is 9.86. The van der Waals surface area contributed by atoms with E-state index < -0.39 is 0 Å². The number of hydrogen-bond acceptors (Lipinski definition) is 2. The Bertz CT molecular complexity index is 637. The quantitative estimate of drug-likeness (QED) is 0.731. The fraction of sp³-hybridized carbons (Fsp3) is 0.438. The molecule has 0 fully saturated rings. The molecule has 114 valence electrons. The van der Waals surface area contributed by atoms with E-state index in [1.165, 1.54) is 5.56 Å². The van der Waals surface area contributed by atoms with E-state index in [1.54, 1.807) is 4.68 Å². The van der Waals surface area contributed by atoms with Crippen LogP contribution in [0.1, 0.15) is 43.6 Å². The van der Waals surface area contributed by atoms with Crippen molar-refractivity contribution in [3.8, 4) is 5.75 Å². The Morgan fingerprint density at radius 3 is 2.67 bits per heavy atom. The number of aromatic nitrogens is 2. The molecule has 5 heteroatoms. The first-order valence-electron chi connectivity index (χ1n) is 7.06. The smallest absolute Gasteiger partial charge is 0.131 e. The third-order valence-electron chi connectivity index (χ3n) is 3.46. The van der Waals surface area contributed by atoms with Gasteiger partial charge in [-0.1, -0.05) is 48.3 Å². The molecule has 0 saturated carbocycles. The lowest BCUT2D eigenvalue weighted by Crippen LogP contribution is -2.05. The van der Waals surface area contributed by atoms with Crippen LogP contribution in [0.3, 0.4) is 0 Å². The summed E-state index contributed by atoms with van der Waals surface area (Å²) in [5.41, 5.74) is 3.00. The van der Waals surface area contributed by atoms with Gasteiger partial charge in [0, 0.05) is 11.5 Å². The zero-order valence-corrected chi connectivity index (χ0v) is 15.1. The summed E-state index contributed by atoms with van der Waals surface area (Å²) in [6.45, 7) is 6.77. The molecule has 0 atom stereocenters. The number of hydrogen-bond donors (Lipinski definition) is 0. The highest BCUT2D eigenvalue weighted by Crippen LogP contribution is 2.31. The van der Waals surface area contributed by atoms with E-state index in [1.807, 2.05) is 26.1 Å². The Labute approximate surface area is 139 Å². The van der Waals surface area contributed by atoms with Gasteiger partial charge in [0.1, 0.15) is 12.4 Å². The van der Waals surface area contributed by atoms with Gasteiger partial charge in [0.15, 0.2) is 0 Å². The van der Waals surface area contributed by atoms with Crippen molar-refractivity contribution in [2.75, 3.05) is 0 Å². The molecule has 0 aliphatic rings. The average molecular weight is 372 g/mol. The van der Waals surface area contributed by atoms with Crippen LogP contribution in [0.15, 0.2) is 22.7 Å². The third-order valence-corrected chi connectivity index (χ3v) is 4.39. The minimum Gasteiger partial charge on any atom is -0.487 e. The maximum atomic E-state index is 6.35. The SMILES string of the molecule is CCc1nn(C)c(COc2ccc(Br)cc2C(C)C)c1Cl. The van der Waals surface area contributed by atoms with E-state index in [2.05, 4.69) is 40.9 Å². The molecule has 2 aromatic rings. The second-order valence-corrected chi connectivity index (χ2v) is 6.60. The van der Waals surface area contributed by atoms with Crippen LogP contribution in [0, 0.1) is 0 Å². The number of halogens is 2. The highest BCUT2D eigenvalue weighted by Gasteiger charge is 2.15. The highest BCUT2D eigenvalue weighted by molar-refractivity contribution is 9.10. The molecule has 0 amide bonds. The molecule has 1 heterocycles. The zero-order valence-electron chi connectivity index (χ0n) is 12.8. The fourth-order valence-electron chi connectivity index (χ4n) is 2.22. The molecule has 0 saturated heterocycles. The maximum absolute atomic E-state index is 6.35. The van der Waals surface area contributed by atoms with Crippen molar-refractivity contribution in [1.29, 1.82) is 0 Å². The van der Waals surface area contributed by atoms with Crippen LogP contribution in [0.25, 0.3) is 0 Å². The van der Waals surface area contributed by atoms with E-state index in [9.17, 15) is 0 Å². The Hall–Kier alpha value is -1.000. The summed E-state index contributed by atoms with van der Waals surface area (Å²) in [7, 11) is 1.90. The molecule has 1 aromatic carbocycles. The van der Waals surface area contributed by atoms with Crippen molar-refractivity contribution in [2.24, 2.45) is 7.05 Å². The van der Waals surface area contributed by atoms with Crippen LogP contribution in [-0.2, 0) is 20.1 Å². The second kappa shape index (κ2) is 6.84. The lowest BCUT2D eigenvalue weighted by Gasteiger charge is -2.14. The molecule has 21 heavy (non-hydrogen) atoms. The summed E-state index contributed by atoms with van der Waals surface area (Å²) in [6.07, 6.45) is 0.822. The lowest BCUT2D eigenvalue weighted by molar-refractivity contribution is 0.291. The molecule has 1 aromatic heterocycles. The topological polar surface area (TPSA) is 27.1 Å². The van der Waals surface area contributed by atoms with E-state index >= 15 is 0 Å². The first-order valence-corrected chi connectivity index (χ1v) is 8.23. The molecule has 0 spiro atoms. The van der Waals surface area contributed by atoms with E-state index in [0.717, 1.165) is 28.0 Å². The fourth-order valence-corrected chi connectivity index (χ4v) is 2.95. The second-order valence-electron chi connectivity index (χ2n) is 5.31.